The third kappa shape index (κ3) is 7.33. The van der Waals surface area contributed by atoms with E-state index in [0.717, 1.165) is 44.2 Å². The Morgan fingerprint density at radius 1 is 1.23 bits per heavy atom. The lowest BCUT2D eigenvalue weighted by atomic mass is 9.88. The first-order chi connectivity index (χ1) is 14.8. The summed E-state index contributed by atoms with van der Waals surface area (Å²) in [6.45, 7) is 0.491. The molecule has 1 saturated carbocycles. The number of ether oxygens (including phenoxy) is 1. The second-order valence-electron chi connectivity index (χ2n) is 8.23. The van der Waals surface area contributed by atoms with Crippen LogP contribution in [0.25, 0.3) is 0 Å². The number of benzene rings is 1. The summed E-state index contributed by atoms with van der Waals surface area (Å²) >= 11 is 0. The standard InChI is InChI=1S/C22H31F3N4O2/c1-26-21(27-13-16-6-5-9-19(12-16)31-15-22(23,24)25)28-18-10-11-29(14-18)20(30)17-7-3-2-4-8-17/h5-6,9,12,17-18H,2-4,7-8,10-11,13-15H2,1H3,(H2,26,27,28). The summed E-state index contributed by atoms with van der Waals surface area (Å²) < 4.78 is 41.8. The van der Waals surface area contributed by atoms with Gasteiger partial charge in [0.15, 0.2) is 12.6 Å². The number of likely N-dealkylation sites (tertiary alicyclic amines) is 1. The number of hydrogen-bond acceptors (Lipinski definition) is 3. The van der Waals surface area contributed by atoms with Crippen molar-refractivity contribution in [3.63, 3.8) is 0 Å². The van der Waals surface area contributed by atoms with Crippen LogP contribution >= 0.6 is 0 Å². The highest BCUT2D eigenvalue weighted by atomic mass is 19.4. The molecular formula is C22H31F3N4O2. The van der Waals surface area contributed by atoms with Crippen LogP contribution < -0.4 is 15.4 Å². The third-order valence-electron chi connectivity index (χ3n) is 5.78. The number of alkyl halides is 3. The van der Waals surface area contributed by atoms with Gasteiger partial charge in [0.1, 0.15) is 5.75 Å². The molecule has 3 rings (SSSR count). The molecule has 2 N–H and O–H groups in total. The van der Waals surface area contributed by atoms with Gasteiger partial charge in [-0.3, -0.25) is 9.79 Å². The van der Waals surface area contributed by atoms with Gasteiger partial charge in [0.05, 0.1) is 0 Å². The molecule has 0 aromatic heterocycles. The lowest BCUT2D eigenvalue weighted by Gasteiger charge is -2.26. The van der Waals surface area contributed by atoms with Crippen molar-refractivity contribution in [2.75, 3.05) is 26.7 Å². The van der Waals surface area contributed by atoms with Crippen LogP contribution in [0.15, 0.2) is 29.3 Å². The van der Waals surface area contributed by atoms with Gasteiger partial charge in [-0.2, -0.15) is 13.2 Å². The SMILES string of the molecule is CN=C(NCc1cccc(OCC(F)(F)F)c1)NC1CCN(C(=O)C2CCCCC2)C1. The molecule has 2 aliphatic rings. The summed E-state index contributed by atoms with van der Waals surface area (Å²) in [6.07, 6.45) is 2.02. The Morgan fingerprint density at radius 2 is 2.00 bits per heavy atom. The summed E-state index contributed by atoms with van der Waals surface area (Å²) in [5.41, 5.74) is 0.781. The summed E-state index contributed by atoms with van der Waals surface area (Å²) in [7, 11) is 1.66. The van der Waals surface area contributed by atoms with Gasteiger partial charge in [0.2, 0.25) is 5.91 Å². The van der Waals surface area contributed by atoms with Crippen LogP contribution in [0.4, 0.5) is 13.2 Å². The number of halogens is 3. The van der Waals surface area contributed by atoms with Crippen molar-refractivity contribution in [2.24, 2.45) is 10.9 Å². The predicted octanol–water partition coefficient (Wildman–Crippen LogP) is 3.47. The third-order valence-corrected chi connectivity index (χ3v) is 5.78. The first-order valence-electron chi connectivity index (χ1n) is 10.9. The number of hydrogen-bond donors (Lipinski definition) is 2. The summed E-state index contributed by atoms with van der Waals surface area (Å²) in [6, 6.07) is 6.66. The van der Waals surface area contributed by atoms with E-state index in [1.807, 2.05) is 4.90 Å². The van der Waals surface area contributed by atoms with Gasteiger partial charge in [-0.25, -0.2) is 0 Å². The molecule has 31 heavy (non-hydrogen) atoms. The van der Waals surface area contributed by atoms with Crippen LogP contribution in [-0.2, 0) is 11.3 Å². The van der Waals surface area contributed by atoms with Gasteiger partial charge >= 0.3 is 6.18 Å². The van der Waals surface area contributed by atoms with E-state index in [2.05, 4.69) is 15.6 Å². The molecular weight excluding hydrogens is 409 g/mol. The zero-order chi connectivity index (χ0) is 22.3. The average molecular weight is 441 g/mol. The quantitative estimate of drug-likeness (QED) is 0.525. The molecule has 1 aliphatic carbocycles. The highest BCUT2D eigenvalue weighted by molar-refractivity contribution is 5.81. The minimum atomic E-state index is -4.37. The predicted molar refractivity (Wildman–Crippen MR) is 113 cm³/mol. The number of carbonyl (C=O) groups excluding carboxylic acids is 1. The molecule has 1 heterocycles. The van der Waals surface area contributed by atoms with Gasteiger partial charge in [-0.05, 0) is 37.0 Å². The molecule has 2 fully saturated rings. The Bertz CT molecular complexity index is 763. The molecule has 0 spiro atoms. The molecule has 1 unspecified atom stereocenters. The van der Waals surface area contributed by atoms with E-state index in [1.165, 1.54) is 12.5 Å². The molecule has 1 aliphatic heterocycles. The Morgan fingerprint density at radius 3 is 2.71 bits per heavy atom. The number of guanidine groups is 1. The van der Waals surface area contributed by atoms with E-state index in [4.69, 9.17) is 4.74 Å². The van der Waals surface area contributed by atoms with Gasteiger partial charge in [-0.1, -0.05) is 31.4 Å². The number of amides is 1. The minimum absolute atomic E-state index is 0.125. The van der Waals surface area contributed by atoms with Crippen LogP contribution in [0.2, 0.25) is 0 Å². The van der Waals surface area contributed by atoms with Crippen molar-refractivity contribution in [2.45, 2.75) is 57.3 Å². The molecule has 172 valence electrons. The van der Waals surface area contributed by atoms with Gasteiger partial charge < -0.3 is 20.3 Å². The van der Waals surface area contributed by atoms with Gasteiger partial charge in [-0.15, -0.1) is 0 Å². The fourth-order valence-electron chi connectivity index (χ4n) is 4.17. The fraction of sp³-hybridized carbons (Fsp3) is 0.636. The molecule has 9 heteroatoms. The lowest BCUT2D eigenvalue weighted by molar-refractivity contribution is -0.153. The normalized spacial score (nSPS) is 20.6. The van der Waals surface area contributed by atoms with E-state index in [-0.39, 0.29) is 23.6 Å². The van der Waals surface area contributed by atoms with Crippen LogP contribution in [0.3, 0.4) is 0 Å². The number of nitrogens with one attached hydrogen (secondary N) is 2. The molecule has 1 aromatic carbocycles. The Kier molecular flexibility index (Phi) is 8.03. The van der Waals surface area contributed by atoms with Crippen molar-refractivity contribution in [1.29, 1.82) is 0 Å². The zero-order valence-electron chi connectivity index (χ0n) is 17.9. The largest absolute Gasteiger partial charge is 0.484 e. The molecule has 1 amide bonds. The van der Waals surface area contributed by atoms with E-state index in [1.54, 1.807) is 25.2 Å². The second-order valence-corrected chi connectivity index (χ2v) is 8.23. The van der Waals surface area contributed by atoms with Crippen molar-refractivity contribution < 1.29 is 22.7 Å². The first-order valence-corrected chi connectivity index (χ1v) is 10.9. The average Bonchev–Trinajstić information content (AvgIpc) is 3.23. The number of carbonyl (C=O) groups is 1. The van der Waals surface area contributed by atoms with Gasteiger partial charge in [0.25, 0.3) is 0 Å². The van der Waals surface area contributed by atoms with Crippen molar-refractivity contribution in [3.05, 3.63) is 29.8 Å². The highest BCUT2D eigenvalue weighted by Gasteiger charge is 2.32. The fourth-order valence-corrected chi connectivity index (χ4v) is 4.17. The zero-order valence-corrected chi connectivity index (χ0v) is 17.9. The molecule has 0 radical (unpaired) electrons. The van der Waals surface area contributed by atoms with Crippen molar-refractivity contribution in [3.8, 4) is 5.75 Å². The van der Waals surface area contributed by atoms with Crippen LogP contribution in [0.1, 0.15) is 44.1 Å². The summed E-state index contributed by atoms with van der Waals surface area (Å²) in [5.74, 6) is 1.23. The van der Waals surface area contributed by atoms with Crippen LogP contribution in [0.5, 0.6) is 5.75 Å². The van der Waals surface area contributed by atoms with E-state index < -0.39 is 12.8 Å². The maximum absolute atomic E-state index is 12.7. The number of rotatable bonds is 6. The van der Waals surface area contributed by atoms with Gasteiger partial charge in [0, 0.05) is 38.6 Å². The van der Waals surface area contributed by atoms with Crippen molar-refractivity contribution in [1.82, 2.24) is 15.5 Å². The minimum Gasteiger partial charge on any atom is -0.484 e. The van der Waals surface area contributed by atoms with Crippen LogP contribution in [-0.4, -0.2) is 55.7 Å². The molecule has 6 nitrogen and oxygen atoms in total. The summed E-state index contributed by atoms with van der Waals surface area (Å²) in [5, 5.41) is 6.53. The number of nitrogens with zero attached hydrogens (tertiary/aromatic N) is 2. The molecule has 1 saturated heterocycles. The Hall–Kier alpha value is -2.45. The van der Waals surface area contributed by atoms with E-state index in [0.29, 0.717) is 19.0 Å². The number of aliphatic imine (C=N–C) groups is 1. The Labute approximate surface area is 181 Å². The molecule has 0 bridgehead atoms. The maximum Gasteiger partial charge on any atom is 0.422 e. The molecule has 1 aromatic rings. The van der Waals surface area contributed by atoms with Crippen LogP contribution in [0, 0.1) is 5.92 Å². The maximum atomic E-state index is 12.7. The Balaban J connectivity index is 1.45. The van der Waals surface area contributed by atoms with E-state index in [9.17, 15) is 18.0 Å². The van der Waals surface area contributed by atoms with E-state index >= 15 is 0 Å². The van der Waals surface area contributed by atoms with Crippen molar-refractivity contribution >= 4 is 11.9 Å². The first kappa shape index (κ1) is 23.2. The molecule has 1 atom stereocenters. The highest BCUT2D eigenvalue weighted by Crippen LogP contribution is 2.27. The summed E-state index contributed by atoms with van der Waals surface area (Å²) in [4.78, 5) is 18.9. The lowest BCUT2D eigenvalue weighted by Crippen LogP contribution is -2.45. The second kappa shape index (κ2) is 10.7. The smallest absolute Gasteiger partial charge is 0.422 e. The monoisotopic (exact) mass is 440 g/mol. The topological polar surface area (TPSA) is 66.0 Å².